The lowest BCUT2D eigenvalue weighted by molar-refractivity contribution is 0.103. The van der Waals surface area contributed by atoms with Crippen LogP contribution in [-0.2, 0) is 0 Å². The molecule has 0 unspecified atom stereocenters. The van der Waals surface area contributed by atoms with Crippen molar-refractivity contribution < 1.29 is 9.53 Å². The highest BCUT2D eigenvalue weighted by atomic mass is 16.5. The second-order valence-electron chi connectivity index (χ2n) is 5.82. The average Bonchev–Trinajstić information content (AvgIpc) is 3.08. The highest BCUT2D eigenvalue weighted by Crippen LogP contribution is 2.30. The summed E-state index contributed by atoms with van der Waals surface area (Å²) in [6.45, 7) is 0. The first-order valence-electron chi connectivity index (χ1n) is 8.12. The molecule has 0 fully saturated rings. The van der Waals surface area contributed by atoms with Crippen LogP contribution in [0.1, 0.15) is 16.1 Å². The second kappa shape index (κ2) is 6.29. The highest BCUT2D eigenvalue weighted by Gasteiger charge is 2.17. The summed E-state index contributed by atoms with van der Waals surface area (Å²) in [5, 5.41) is 0. The lowest BCUT2D eigenvalue weighted by Gasteiger charge is -2.03. The number of hydrogen-bond donors (Lipinski definition) is 0. The van der Waals surface area contributed by atoms with Gasteiger partial charge in [0.1, 0.15) is 5.75 Å². The van der Waals surface area contributed by atoms with E-state index in [0.717, 1.165) is 22.4 Å². The van der Waals surface area contributed by atoms with E-state index in [-0.39, 0.29) is 5.78 Å². The van der Waals surface area contributed by atoms with Gasteiger partial charge in [-0.15, -0.1) is 0 Å². The number of rotatable bonds is 4. The summed E-state index contributed by atoms with van der Waals surface area (Å²) in [4.78, 5) is 13.0. The Morgan fingerprint density at radius 2 is 1.60 bits per heavy atom. The molecule has 0 amide bonds. The third kappa shape index (κ3) is 2.70. The first kappa shape index (κ1) is 15.2. The summed E-state index contributed by atoms with van der Waals surface area (Å²) < 4.78 is 7.19. The van der Waals surface area contributed by atoms with E-state index in [1.807, 2.05) is 89.5 Å². The highest BCUT2D eigenvalue weighted by molar-refractivity contribution is 6.10. The zero-order chi connectivity index (χ0) is 17.2. The second-order valence-corrected chi connectivity index (χ2v) is 5.82. The Morgan fingerprint density at radius 1 is 0.880 bits per heavy atom. The van der Waals surface area contributed by atoms with Crippen LogP contribution < -0.4 is 4.74 Å². The zero-order valence-corrected chi connectivity index (χ0v) is 13.8. The van der Waals surface area contributed by atoms with Gasteiger partial charge in [0.25, 0.3) is 0 Å². The van der Waals surface area contributed by atoms with Gasteiger partial charge >= 0.3 is 0 Å². The third-order valence-electron chi connectivity index (χ3n) is 4.35. The van der Waals surface area contributed by atoms with E-state index in [9.17, 15) is 4.79 Å². The topological polar surface area (TPSA) is 30.7 Å². The molecule has 0 atom stereocenters. The van der Waals surface area contributed by atoms with Gasteiger partial charge in [0.15, 0.2) is 0 Å². The van der Waals surface area contributed by atoms with E-state index in [4.69, 9.17) is 4.74 Å². The minimum absolute atomic E-state index is 0.0153. The van der Waals surface area contributed by atoms with E-state index >= 15 is 0 Å². The molecule has 0 aliphatic heterocycles. The summed E-state index contributed by atoms with van der Waals surface area (Å²) >= 11 is 0. The van der Waals surface area contributed by atoms with Gasteiger partial charge in [-0.2, -0.15) is 0 Å². The number of benzene rings is 2. The van der Waals surface area contributed by atoms with Crippen LogP contribution in [0.15, 0.2) is 85.1 Å². The molecule has 2 aromatic heterocycles. The van der Waals surface area contributed by atoms with Crippen LogP contribution in [-0.4, -0.2) is 17.3 Å². The minimum atomic E-state index is 0.0153. The number of ketones is 1. The molecule has 2 heterocycles. The molecule has 0 saturated heterocycles. The summed E-state index contributed by atoms with van der Waals surface area (Å²) in [7, 11) is 1.65. The Bertz CT molecular complexity index is 1030. The molecule has 0 spiro atoms. The van der Waals surface area contributed by atoms with Gasteiger partial charge in [0.2, 0.25) is 5.78 Å². The first-order chi connectivity index (χ1) is 12.3. The van der Waals surface area contributed by atoms with Gasteiger partial charge < -0.3 is 9.14 Å². The molecular formula is C22H17NO2. The Balaban J connectivity index is 1.88. The van der Waals surface area contributed by atoms with Crippen molar-refractivity contribution in [1.29, 1.82) is 0 Å². The third-order valence-corrected chi connectivity index (χ3v) is 4.35. The SMILES string of the molecule is COc1ccc(-c2cc(C(=O)c3ccccc3)n3ccccc23)cc1. The molecule has 2 aromatic carbocycles. The fourth-order valence-electron chi connectivity index (χ4n) is 3.07. The molecule has 0 aliphatic carbocycles. The Labute approximate surface area is 146 Å². The lowest BCUT2D eigenvalue weighted by atomic mass is 10.0. The molecule has 3 nitrogen and oxygen atoms in total. The van der Waals surface area contributed by atoms with E-state index in [1.165, 1.54) is 0 Å². The summed E-state index contributed by atoms with van der Waals surface area (Å²) in [5.41, 5.74) is 4.44. The maximum atomic E-state index is 13.0. The Hall–Kier alpha value is -3.33. The van der Waals surface area contributed by atoms with E-state index in [2.05, 4.69) is 0 Å². The largest absolute Gasteiger partial charge is 0.497 e. The Kier molecular flexibility index (Phi) is 3.82. The molecule has 122 valence electrons. The van der Waals surface area contributed by atoms with Crippen molar-refractivity contribution in [3.63, 3.8) is 0 Å². The van der Waals surface area contributed by atoms with E-state index in [0.29, 0.717) is 11.3 Å². The predicted molar refractivity (Wildman–Crippen MR) is 99.3 cm³/mol. The van der Waals surface area contributed by atoms with Crippen molar-refractivity contribution in [1.82, 2.24) is 4.40 Å². The quantitative estimate of drug-likeness (QED) is 0.502. The number of aromatic nitrogens is 1. The minimum Gasteiger partial charge on any atom is -0.497 e. The van der Waals surface area contributed by atoms with Crippen LogP contribution in [0, 0.1) is 0 Å². The Morgan fingerprint density at radius 3 is 2.32 bits per heavy atom. The number of hydrogen-bond acceptors (Lipinski definition) is 2. The summed E-state index contributed by atoms with van der Waals surface area (Å²) in [5.74, 6) is 0.828. The number of pyridine rings is 1. The van der Waals surface area contributed by atoms with Crippen LogP contribution >= 0.6 is 0 Å². The van der Waals surface area contributed by atoms with Crippen molar-refractivity contribution in [3.05, 3.63) is 96.3 Å². The van der Waals surface area contributed by atoms with Gasteiger partial charge in [0, 0.05) is 17.3 Å². The maximum absolute atomic E-state index is 13.0. The van der Waals surface area contributed by atoms with Gasteiger partial charge in [-0.05, 0) is 35.9 Å². The van der Waals surface area contributed by atoms with Gasteiger partial charge in [-0.25, -0.2) is 0 Å². The number of carbonyl (C=O) groups excluding carboxylic acids is 1. The fourth-order valence-corrected chi connectivity index (χ4v) is 3.07. The van der Waals surface area contributed by atoms with Crippen molar-refractivity contribution in [3.8, 4) is 16.9 Å². The molecule has 0 saturated carbocycles. The number of nitrogens with zero attached hydrogens (tertiary/aromatic N) is 1. The molecule has 0 aliphatic rings. The van der Waals surface area contributed by atoms with Crippen molar-refractivity contribution in [2.75, 3.05) is 7.11 Å². The smallest absolute Gasteiger partial charge is 0.209 e. The normalized spacial score (nSPS) is 10.8. The molecule has 25 heavy (non-hydrogen) atoms. The van der Waals surface area contributed by atoms with Gasteiger partial charge in [-0.3, -0.25) is 4.79 Å². The monoisotopic (exact) mass is 327 g/mol. The standard InChI is InChI=1S/C22H17NO2/c1-25-18-12-10-16(11-13-18)19-15-21(23-14-6-5-9-20(19)23)22(24)17-7-3-2-4-8-17/h2-15H,1H3. The van der Waals surface area contributed by atoms with Crippen molar-refractivity contribution >= 4 is 11.3 Å². The maximum Gasteiger partial charge on any atom is 0.209 e. The number of ether oxygens (including phenoxy) is 1. The average molecular weight is 327 g/mol. The molecule has 4 aromatic rings. The zero-order valence-electron chi connectivity index (χ0n) is 13.8. The van der Waals surface area contributed by atoms with Gasteiger partial charge in [-0.1, -0.05) is 48.5 Å². The molecule has 0 radical (unpaired) electrons. The summed E-state index contributed by atoms with van der Waals surface area (Å²) in [6, 6.07) is 25.2. The molecule has 4 rings (SSSR count). The predicted octanol–water partition coefficient (Wildman–Crippen LogP) is 4.85. The molecule has 3 heteroatoms. The molecular weight excluding hydrogens is 310 g/mol. The first-order valence-corrected chi connectivity index (χ1v) is 8.12. The van der Waals surface area contributed by atoms with Crippen LogP contribution in [0.5, 0.6) is 5.75 Å². The van der Waals surface area contributed by atoms with Crippen LogP contribution in [0.25, 0.3) is 16.6 Å². The van der Waals surface area contributed by atoms with Crippen molar-refractivity contribution in [2.24, 2.45) is 0 Å². The number of carbonyl (C=O) groups is 1. The van der Waals surface area contributed by atoms with Crippen LogP contribution in [0.2, 0.25) is 0 Å². The fraction of sp³-hybridized carbons (Fsp3) is 0.0455. The summed E-state index contributed by atoms with van der Waals surface area (Å²) in [6.07, 6.45) is 1.93. The van der Waals surface area contributed by atoms with E-state index < -0.39 is 0 Å². The number of methoxy groups -OCH3 is 1. The van der Waals surface area contributed by atoms with Crippen LogP contribution in [0.3, 0.4) is 0 Å². The van der Waals surface area contributed by atoms with Crippen molar-refractivity contribution in [2.45, 2.75) is 0 Å². The van der Waals surface area contributed by atoms with Gasteiger partial charge in [0.05, 0.1) is 18.3 Å². The lowest BCUT2D eigenvalue weighted by Crippen LogP contribution is -2.04. The number of fused-ring (bicyclic) bond motifs is 1. The van der Waals surface area contributed by atoms with E-state index in [1.54, 1.807) is 7.11 Å². The molecule has 0 N–H and O–H groups in total. The van der Waals surface area contributed by atoms with Crippen LogP contribution in [0.4, 0.5) is 0 Å². The molecule has 0 bridgehead atoms.